The van der Waals surface area contributed by atoms with Crippen LogP contribution in [0.15, 0.2) is 36.5 Å². The van der Waals surface area contributed by atoms with Crippen molar-refractivity contribution in [1.82, 2.24) is 14.6 Å². The Bertz CT molecular complexity index is 781. The van der Waals surface area contributed by atoms with E-state index in [1.807, 2.05) is 30.5 Å². The summed E-state index contributed by atoms with van der Waals surface area (Å²) in [5.74, 6) is 2.06. The smallest absolute Gasteiger partial charge is 0.231 e. The Balaban J connectivity index is 1.88. The Morgan fingerprint density at radius 2 is 2.05 bits per heavy atom. The lowest BCUT2D eigenvalue weighted by Gasteiger charge is -1.97. The van der Waals surface area contributed by atoms with E-state index in [0.29, 0.717) is 22.9 Å². The SMILES string of the molecule is Nc1cccn2nc(-c3ccc4c(c3)OCO4)nc12. The van der Waals surface area contributed by atoms with E-state index in [0.717, 1.165) is 11.3 Å². The topological polar surface area (TPSA) is 74.7 Å². The molecule has 0 saturated heterocycles. The van der Waals surface area contributed by atoms with Crippen LogP contribution in [-0.4, -0.2) is 21.4 Å². The molecule has 0 radical (unpaired) electrons. The number of hydrogen-bond acceptors (Lipinski definition) is 5. The van der Waals surface area contributed by atoms with Crippen LogP contribution in [-0.2, 0) is 0 Å². The van der Waals surface area contributed by atoms with Gasteiger partial charge < -0.3 is 15.2 Å². The van der Waals surface area contributed by atoms with Crippen LogP contribution in [0, 0.1) is 0 Å². The highest BCUT2D eigenvalue weighted by atomic mass is 16.7. The number of nitrogens with zero attached hydrogens (tertiary/aromatic N) is 3. The highest BCUT2D eigenvalue weighted by Gasteiger charge is 2.16. The summed E-state index contributed by atoms with van der Waals surface area (Å²) < 4.78 is 12.3. The largest absolute Gasteiger partial charge is 0.454 e. The second-order valence-corrected chi connectivity index (χ2v) is 4.24. The molecule has 94 valence electrons. The minimum atomic E-state index is 0.254. The molecule has 2 aromatic heterocycles. The zero-order valence-electron chi connectivity index (χ0n) is 9.91. The molecule has 0 saturated carbocycles. The number of hydrogen-bond donors (Lipinski definition) is 1. The summed E-state index contributed by atoms with van der Waals surface area (Å²) in [6, 6.07) is 9.26. The predicted octanol–water partition coefficient (Wildman–Crippen LogP) is 1.71. The molecule has 2 N–H and O–H groups in total. The summed E-state index contributed by atoms with van der Waals surface area (Å²) >= 11 is 0. The van der Waals surface area contributed by atoms with Gasteiger partial charge in [0.1, 0.15) is 0 Å². The van der Waals surface area contributed by atoms with Gasteiger partial charge in [0.2, 0.25) is 6.79 Å². The monoisotopic (exact) mass is 254 g/mol. The van der Waals surface area contributed by atoms with Crippen LogP contribution in [0.3, 0.4) is 0 Å². The molecule has 3 aromatic rings. The first-order valence-electron chi connectivity index (χ1n) is 5.82. The normalized spacial score (nSPS) is 13.1. The number of rotatable bonds is 1. The van der Waals surface area contributed by atoms with Gasteiger partial charge in [-0.3, -0.25) is 0 Å². The molecule has 0 fully saturated rings. The average Bonchev–Trinajstić information content (AvgIpc) is 3.04. The van der Waals surface area contributed by atoms with Crippen LogP contribution < -0.4 is 15.2 Å². The van der Waals surface area contributed by atoms with Gasteiger partial charge in [-0.15, -0.1) is 5.10 Å². The second kappa shape index (κ2) is 3.61. The first kappa shape index (κ1) is 10.2. The van der Waals surface area contributed by atoms with E-state index in [1.165, 1.54) is 0 Å². The summed E-state index contributed by atoms with van der Waals surface area (Å²) in [6.45, 7) is 0.254. The molecule has 4 rings (SSSR count). The van der Waals surface area contributed by atoms with Gasteiger partial charge in [0.05, 0.1) is 5.69 Å². The van der Waals surface area contributed by atoms with Crippen LogP contribution in [0.2, 0.25) is 0 Å². The first-order valence-corrected chi connectivity index (χ1v) is 5.82. The number of pyridine rings is 1. The molecule has 0 bridgehead atoms. The van der Waals surface area contributed by atoms with Crippen molar-refractivity contribution in [2.45, 2.75) is 0 Å². The summed E-state index contributed by atoms with van der Waals surface area (Å²) in [6.07, 6.45) is 1.81. The van der Waals surface area contributed by atoms with E-state index in [1.54, 1.807) is 10.6 Å². The maximum absolute atomic E-state index is 5.87. The lowest BCUT2D eigenvalue weighted by Crippen LogP contribution is -1.92. The molecular formula is C13H10N4O2. The highest BCUT2D eigenvalue weighted by molar-refractivity contribution is 5.69. The van der Waals surface area contributed by atoms with Crippen LogP contribution >= 0.6 is 0 Å². The van der Waals surface area contributed by atoms with Crippen LogP contribution in [0.5, 0.6) is 11.5 Å². The average molecular weight is 254 g/mol. The molecule has 0 aliphatic carbocycles. The molecule has 1 aliphatic heterocycles. The molecule has 19 heavy (non-hydrogen) atoms. The summed E-state index contributed by atoms with van der Waals surface area (Å²) in [4.78, 5) is 4.44. The number of fused-ring (bicyclic) bond motifs is 2. The molecule has 0 unspecified atom stereocenters. The summed E-state index contributed by atoms with van der Waals surface area (Å²) in [5, 5.41) is 4.40. The standard InChI is InChI=1S/C13H10N4O2/c14-9-2-1-5-17-13(9)15-12(16-17)8-3-4-10-11(6-8)19-7-18-10/h1-6H,7,14H2. The molecule has 0 atom stereocenters. The van der Waals surface area contributed by atoms with E-state index < -0.39 is 0 Å². The molecule has 0 spiro atoms. The van der Waals surface area contributed by atoms with E-state index in [2.05, 4.69) is 10.1 Å². The molecule has 6 nitrogen and oxygen atoms in total. The van der Waals surface area contributed by atoms with Gasteiger partial charge in [-0.2, -0.15) is 0 Å². The number of anilines is 1. The van der Waals surface area contributed by atoms with Crippen molar-refractivity contribution in [3.63, 3.8) is 0 Å². The van der Waals surface area contributed by atoms with E-state index in [4.69, 9.17) is 15.2 Å². The number of nitrogens with two attached hydrogens (primary N) is 1. The highest BCUT2D eigenvalue weighted by Crippen LogP contribution is 2.35. The molecule has 0 amide bonds. The molecule has 1 aliphatic rings. The van der Waals surface area contributed by atoms with Gasteiger partial charge in [0.25, 0.3) is 0 Å². The summed E-state index contributed by atoms with van der Waals surface area (Å²) in [5.41, 5.74) is 7.99. The Morgan fingerprint density at radius 3 is 2.95 bits per heavy atom. The Kier molecular flexibility index (Phi) is 1.94. The molecular weight excluding hydrogens is 244 g/mol. The van der Waals surface area contributed by atoms with Gasteiger partial charge in [-0.25, -0.2) is 9.50 Å². The van der Waals surface area contributed by atoms with Crippen LogP contribution in [0.1, 0.15) is 0 Å². The van der Waals surface area contributed by atoms with Gasteiger partial charge >= 0.3 is 0 Å². The van der Waals surface area contributed by atoms with Gasteiger partial charge in [-0.05, 0) is 30.3 Å². The zero-order valence-corrected chi connectivity index (χ0v) is 9.91. The number of nitrogen functional groups attached to an aromatic ring is 1. The van der Waals surface area contributed by atoms with Gasteiger partial charge in [-0.1, -0.05) is 0 Å². The third kappa shape index (κ3) is 1.50. The fourth-order valence-electron chi connectivity index (χ4n) is 2.08. The fraction of sp³-hybridized carbons (Fsp3) is 0.0769. The predicted molar refractivity (Wildman–Crippen MR) is 69.0 cm³/mol. The number of aromatic nitrogens is 3. The quantitative estimate of drug-likeness (QED) is 0.715. The van der Waals surface area contributed by atoms with Crippen molar-refractivity contribution >= 4 is 11.3 Å². The third-order valence-electron chi connectivity index (χ3n) is 3.02. The molecule has 3 heterocycles. The van der Waals surface area contributed by atoms with E-state index in [9.17, 15) is 0 Å². The zero-order chi connectivity index (χ0) is 12.8. The van der Waals surface area contributed by atoms with Crippen molar-refractivity contribution < 1.29 is 9.47 Å². The minimum absolute atomic E-state index is 0.254. The maximum atomic E-state index is 5.87. The Labute approximate surface area is 108 Å². The minimum Gasteiger partial charge on any atom is -0.454 e. The Morgan fingerprint density at radius 1 is 1.16 bits per heavy atom. The fourth-order valence-corrected chi connectivity index (χ4v) is 2.08. The first-order chi connectivity index (χ1) is 9.31. The Hall–Kier alpha value is -2.76. The van der Waals surface area contributed by atoms with Crippen molar-refractivity contribution in [2.75, 3.05) is 12.5 Å². The number of benzene rings is 1. The van der Waals surface area contributed by atoms with Crippen molar-refractivity contribution in [1.29, 1.82) is 0 Å². The number of ether oxygens (including phenoxy) is 2. The lowest BCUT2D eigenvalue weighted by molar-refractivity contribution is 0.174. The van der Waals surface area contributed by atoms with E-state index >= 15 is 0 Å². The van der Waals surface area contributed by atoms with Crippen molar-refractivity contribution in [2.24, 2.45) is 0 Å². The lowest BCUT2D eigenvalue weighted by atomic mass is 10.2. The molecule has 6 heteroatoms. The van der Waals surface area contributed by atoms with Crippen molar-refractivity contribution in [3.8, 4) is 22.9 Å². The van der Waals surface area contributed by atoms with E-state index in [-0.39, 0.29) is 6.79 Å². The van der Waals surface area contributed by atoms with Gasteiger partial charge in [0, 0.05) is 11.8 Å². The third-order valence-corrected chi connectivity index (χ3v) is 3.02. The maximum Gasteiger partial charge on any atom is 0.231 e. The van der Waals surface area contributed by atoms with Gasteiger partial charge in [0.15, 0.2) is 23.0 Å². The molecule has 1 aromatic carbocycles. The second-order valence-electron chi connectivity index (χ2n) is 4.24. The van der Waals surface area contributed by atoms with Crippen LogP contribution in [0.4, 0.5) is 5.69 Å². The summed E-state index contributed by atoms with van der Waals surface area (Å²) in [7, 11) is 0. The van der Waals surface area contributed by atoms with Crippen LogP contribution in [0.25, 0.3) is 17.0 Å². The van der Waals surface area contributed by atoms with Crippen molar-refractivity contribution in [3.05, 3.63) is 36.5 Å².